The standard InChI is InChI=1S/C8H12O5/c1-8(2)12-6-5(10)4(3-9)11-7(6)13-8/h4,6-7,9H,3H2,1-2H3/t4-,6+,7+/m0/s1. The Morgan fingerprint density at radius 2 is 2.15 bits per heavy atom. The Labute approximate surface area is 75.6 Å². The van der Waals surface area contributed by atoms with Gasteiger partial charge in [0.2, 0.25) is 0 Å². The van der Waals surface area contributed by atoms with Gasteiger partial charge in [-0.3, -0.25) is 4.79 Å². The van der Waals surface area contributed by atoms with Crippen LogP contribution in [0.25, 0.3) is 0 Å². The third kappa shape index (κ3) is 1.38. The summed E-state index contributed by atoms with van der Waals surface area (Å²) in [4.78, 5) is 11.4. The molecule has 2 heterocycles. The summed E-state index contributed by atoms with van der Waals surface area (Å²) < 4.78 is 15.7. The SMILES string of the molecule is CC1(C)O[C@H]2O[C@@H](CO)C(=O)[C@H]2O1. The highest BCUT2D eigenvalue weighted by molar-refractivity contribution is 5.90. The molecule has 0 aromatic rings. The normalized spacial score (nSPS) is 42.4. The maximum Gasteiger partial charge on any atom is 0.198 e. The molecule has 0 radical (unpaired) electrons. The maximum atomic E-state index is 11.4. The molecule has 0 spiro atoms. The molecule has 3 atom stereocenters. The van der Waals surface area contributed by atoms with E-state index in [1.165, 1.54) is 0 Å². The molecule has 2 aliphatic rings. The average Bonchev–Trinajstić information content (AvgIpc) is 2.47. The van der Waals surface area contributed by atoms with Crippen LogP contribution in [-0.2, 0) is 19.0 Å². The van der Waals surface area contributed by atoms with Crippen LogP contribution in [0.5, 0.6) is 0 Å². The number of carbonyl (C=O) groups excluding carboxylic acids is 1. The zero-order chi connectivity index (χ0) is 9.64. The predicted molar refractivity (Wildman–Crippen MR) is 40.8 cm³/mol. The van der Waals surface area contributed by atoms with Gasteiger partial charge in [0, 0.05) is 0 Å². The Hall–Kier alpha value is -0.490. The maximum absolute atomic E-state index is 11.4. The predicted octanol–water partition coefficient (Wildman–Crippen LogP) is -0.576. The zero-order valence-electron chi connectivity index (χ0n) is 7.52. The fourth-order valence-corrected chi connectivity index (χ4v) is 1.57. The molecule has 0 aromatic heterocycles. The van der Waals surface area contributed by atoms with Gasteiger partial charge in [-0.25, -0.2) is 0 Å². The van der Waals surface area contributed by atoms with Crippen LogP contribution in [0.3, 0.4) is 0 Å². The molecule has 1 N–H and O–H groups in total. The summed E-state index contributed by atoms with van der Waals surface area (Å²) in [5.74, 6) is -1.01. The molecule has 2 rings (SSSR count). The van der Waals surface area contributed by atoms with Gasteiger partial charge in [0.1, 0.15) is 6.10 Å². The fourth-order valence-electron chi connectivity index (χ4n) is 1.57. The molecule has 0 aliphatic carbocycles. The van der Waals surface area contributed by atoms with Crippen LogP contribution in [0.1, 0.15) is 13.8 Å². The Morgan fingerprint density at radius 1 is 1.46 bits per heavy atom. The lowest BCUT2D eigenvalue weighted by atomic mass is 10.2. The van der Waals surface area contributed by atoms with Crippen LogP contribution in [0.2, 0.25) is 0 Å². The van der Waals surface area contributed by atoms with Crippen LogP contribution in [0, 0.1) is 0 Å². The van der Waals surface area contributed by atoms with Crippen molar-refractivity contribution < 1.29 is 24.1 Å². The van der Waals surface area contributed by atoms with Gasteiger partial charge in [-0.2, -0.15) is 0 Å². The summed E-state index contributed by atoms with van der Waals surface area (Å²) in [6.45, 7) is 3.12. The number of ketones is 1. The van der Waals surface area contributed by atoms with Gasteiger partial charge in [0.05, 0.1) is 6.61 Å². The van der Waals surface area contributed by atoms with E-state index in [-0.39, 0.29) is 12.4 Å². The highest BCUT2D eigenvalue weighted by atomic mass is 16.8. The third-order valence-electron chi connectivity index (χ3n) is 2.12. The first-order valence-electron chi connectivity index (χ1n) is 4.19. The lowest BCUT2D eigenvalue weighted by molar-refractivity contribution is -0.207. The van der Waals surface area contributed by atoms with Gasteiger partial charge in [-0.15, -0.1) is 0 Å². The fraction of sp³-hybridized carbons (Fsp3) is 0.875. The molecule has 0 saturated carbocycles. The van der Waals surface area contributed by atoms with Crippen LogP contribution in [-0.4, -0.2) is 41.8 Å². The second-order valence-electron chi connectivity index (χ2n) is 3.63. The Morgan fingerprint density at radius 3 is 2.69 bits per heavy atom. The molecule has 0 amide bonds. The van der Waals surface area contributed by atoms with Crippen LogP contribution in [0.4, 0.5) is 0 Å². The second-order valence-corrected chi connectivity index (χ2v) is 3.63. The van der Waals surface area contributed by atoms with E-state index in [4.69, 9.17) is 19.3 Å². The number of Topliss-reactive ketones (excluding diaryl/α,β-unsaturated/α-hetero) is 1. The van der Waals surface area contributed by atoms with Crippen molar-refractivity contribution in [2.24, 2.45) is 0 Å². The molecule has 0 aromatic carbocycles. The third-order valence-corrected chi connectivity index (χ3v) is 2.12. The average molecular weight is 188 g/mol. The summed E-state index contributed by atoms with van der Waals surface area (Å²) in [5.41, 5.74) is 0. The van der Waals surface area contributed by atoms with Crippen LogP contribution < -0.4 is 0 Å². The molecule has 2 fully saturated rings. The number of aliphatic hydroxyl groups is 1. The number of hydrogen-bond donors (Lipinski definition) is 1. The summed E-state index contributed by atoms with van der Waals surface area (Å²) in [6, 6.07) is 0. The Bertz CT molecular complexity index is 237. The quantitative estimate of drug-likeness (QED) is 0.596. The van der Waals surface area contributed by atoms with Crippen LogP contribution in [0.15, 0.2) is 0 Å². The number of fused-ring (bicyclic) bond motifs is 1. The van der Waals surface area contributed by atoms with Gasteiger partial charge in [0.15, 0.2) is 24.0 Å². The Kier molecular flexibility index (Phi) is 1.92. The highest BCUT2D eigenvalue weighted by Crippen LogP contribution is 2.34. The van der Waals surface area contributed by atoms with Crippen molar-refractivity contribution in [3.05, 3.63) is 0 Å². The van der Waals surface area contributed by atoms with Gasteiger partial charge < -0.3 is 19.3 Å². The lowest BCUT2D eigenvalue weighted by Crippen LogP contribution is -2.31. The summed E-state index contributed by atoms with van der Waals surface area (Å²) >= 11 is 0. The van der Waals surface area contributed by atoms with Crippen molar-refractivity contribution in [2.75, 3.05) is 6.61 Å². The van der Waals surface area contributed by atoms with Crippen molar-refractivity contribution >= 4 is 5.78 Å². The number of carbonyl (C=O) groups is 1. The van der Waals surface area contributed by atoms with Gasteiger partial charge >= 0.3 is 0 Å². The number of ether oxygens (including phenoxy) is 3. The molecule has 13 heavy (non-hydrogen) atoms. The van der Waals surface area contributed by atoms with E-state index in [0.717, 1.165) is 0 Å². The zero-order valence-corrected chi connectivity index (χ0v) is 7.52. The molecular formula is C8H12O5. The second kappa shape index (κ2) is 2.75. The summed E-state index contributed by atoms with van der Waals surface area (Å²) in [6.07, 6.45) is -2.11. The monoisotopic (exact) mass is 188 g/mol. The summed E-state index contributed by atoms with van der Waals surface area (Å²) in [7, 11) is 0. The van der Waals surface area contributed by atoms with Crippen LogP contribution >= 0.6 is 0 Å². The molecule has 0 unspecified atom stereocenters. The molecular weight excluding hydrogens is 176 g/mol. The van der Waals surface area contributed by atoms with E-state index in [9.17, 15) is 4.79 Å². The summed E-state index contributed by atoms with van der Waals surface area (Å²) in [5, 5.41) is 8.76. The van der Waals surface area contributed by atoms with E-state index in [1.54, 1.807) is 13.8 Å². The minimum absolute atomic E-state index is 0.238. The van der Waals surface area contributed by atoms with E-state index in [2.05, 4.69) is 0 Å². The highest BCUT2D eigenvalue weighted by Gasteiger charge is 2.53. The van der Waals surface area contributed by atoms with Crippen molar-refractivity contribution in [3.63, 3.8) is 0 Å². The number of hydrogen-bond acceptors (Lipinski definition) is 5. The minimum Gasteiger partial charge on any atom is -0.393 e. The molecule has 74 valence electrons. The van der Waals surface area contributed by atoms with Gasteiger partial charge in [-0.05, 0) is 13.8 Å². The van der Waals surface area contributed by atoms with E-state index in [0.29, 0.717) is 0 Å². The molecule has 5 nitrogen and oxygen atoms in total. The molecule has 2 saturated heterocycles. The molecule has 2 aliphatic heterocycles. The van der Waals surface area contributed by atoms with E-state index >= 15 is 0 Å². The van der Waals surface area contributed by atoms with E-state index in [1.807, 2.05) is 0 Å². The first-order chi connectivity index (χ1) is 6.03. The van der Waals surface area contributed by atoms with Gasteiger partial charge in [0.25, 0.3) is 0 Å². The molecule has 0 bridgehead atoms. The van der Waals surface area contributed by atoms with Crippen molar-refractivity contribution in [1.82, 2.24) is 0 Å². The smallest absolute Gasteiger partial charge is 0.198 e. The minimum atomic E-state index is -0.786. The van der Waals surface area contributed by atoms with Gasteiger partial charge in [-0.1, -0.05) is 0 Å². The number of aliphatic hydroxyl groups excluding tert-OH is 1. The van der Waals surface area contributed by atoms with E-state index < -0.39 is 24.3 Å². The largest absolute Gasteiger partial charge is 0.393 e. The Balaban J connectivity index is 2.11. The number of rotatable bonds is 1. The molecule has 5 heteroatoms. The first kappa shape index (κ1) is 9.08. The van der Waals surface area contributed by atoms with Crippen molar-refractivity contribution in [3.8, 4) is 0 Å². The van der Waals surface area contributed by atoms with Crippen molar-refractivity contribution in [1.29, 1.82) is 0 Å². The first-order valence-corrected chi connectivity index (χ1v) is 4.19. The topological polar surface area (TPSA) is 65.0 Å². The van der Waals surface area contributed by atoms with Crippen molar-refractivity contribution in [2.45, 2.75) is 38.1 Å². The lowest BCUT2D eigenvalue weighted by Gasteiger charge is -2.18.